The number of fused-ring (bicyclic) bond motifs is 1. The summed E-state index contributed by atoms with van der Waals surface area (Å²) in [6, 6.07) is 9.08. The SMILES string of the molecule is C[C@@H](Nc1ccc2cnc(NC(=O)NCCS(C)(=O)=O)nc2c1)c1cccnc1. The minimum Gasteiger partial charge on any atom is -0.378 e. The highest BCUT2D eigenvalue weighted by molar-refractivity contribution is 7.90. The number of rotatable bonds is 7. The molecule has 0 spiro atoms. The Balaban J connectivity index is 1.67. The van der Waals surface area contributed by atoms with Gasteiger partial charge in [-0.15, -0.1) is 0 Å². The Kier molecular flexibility index (Phi) is 6.23. The van der Waals surface area contributed by atoms with Crippen LogP contribution in [0.25, 0.3) is 10.9 Å². The van der Waals surface area contributed by atoms with Crippen LogP contribution in [-0.4, -0.2) is 48.0 Å². The first-order valence-electron chi connectivity index (χ1n) is 8.96. The molecule has 3 rings (SSSR count). The zero-order valence-electron chi connectivity index (χ0n) is 16.1. The lowest BCUT2D eigenvalue weighted by molar-refractivity contribution is 0.252. The summed E-state index contributed by atoms with van der Waals surface area (Å²) in [7, 11) is -3.14. The van der Waals surface area contributed by atoms with Crippen LogP contribution < -0.4 is 16.0 Å². The number of nitrogens with zero attached hydrogens (tertiary/aromatic N) is 3. The maximum Gasteiger partial charge on any atom is 0.321 e. The van der Waals surface area contributed by atoms with E-state index in [1.54, 1.807) is 12.4 Å². The van der Waals surface area contributed by atoms with Crippen LogP contribution in [0, 0.1) is 0 Å². The van der Waals surface area contributed by atoms with Crippen LogP contribution >= 0.6 is 0 Å². The minimum absolute atomic E-state index is 0.0124. The van der Waals surface area contributed by atoms with Crippen molar-refractivity contribution in [1.82, 2.24) is 20.3 Å². The summed E-state index contributed by atoms with van der Waals surface area (Å²) in [6.45, 7) is 2.05. The van der Waals surface area contributed by atoms with Gasteiger partial charge in [-0.2, -0.15) is 0 Å². The van der Waals surface area contributed by atoms with Crippen LogP contribution in [0.2, 0.25) is 0 Å². The maximum atomic E-state index is 11.9. The largest absolute Gasteiger partial charge is 0.378 e. The molecule has 2 heterocycles. The number of carbonyl (C=O) groups excluding carboxylic acids is 1. The number of anilines is 2. The molecule has 0 unspecified atom stereocenters. The van der Waals surface area contributed by atoms with Crippen molar-refractivity contribution < 1.29 is 13.2 Å². The molecule has 3 aromatic rings. The number of aromatic nitrogens is 3. The number of nitrogens with one attached hydrogen (secondary N) is 3. The Morgan fingerprint density at radius 2 is 2.03 bits per heavy atom. The predicted octanol–water partition coefficient (Wildman–Crippen LogP) is 2.36. The lowest BCUT2D eigenvalue weighted by atomic mass is 10.1. The second-order valence-electron chi connectivity index (χ2n) is 6.63. The fourth-order valence-corrected chi connectivity index (χ4v) is 3.11. The van der Waals surface area contributed by atoms with Gasteiger partial charge in [0.25, 0.3) is 0 Å². The van der Waals surface area contributed by atoms with Crippen LogP contribution in [0.3, 0.4) is 0 Å². The van der Waals surface area contributed by atoms with Gasteiger partial charge in [-0.1, -0.05) is 6.07 Å². The molecule has 0 bridgehead atoms. The Morgan fingerprint density at radius 1 is 1.21 bits per heavy atom. The molecule has 0 saturated heterocycles. The molecule has 0 aliphatic heterocycles. The van der Waals surface area contributed by atoms with E-state index in [2.05, 4.69) is 30.9 Å². The Hall–Kier alpha value is -3.27. The first-order chi connectivity index (χ1) is 13.8. The molecular formula is C19H22N6O3S. The molecule has 0 saturated carbocycles. The van der Waals surface area contributed by atoms with Crippen LogP contribution in [0.15, 0.2) is 48.9 Å². The van der Waals surface area contributed by atoms with Crippen molar-refractivity contribution in [3.8, 4) is 0 Å². The smallest absolute Gasteiger partial charge is 0.321 e. The second kappa shape index (κ2) is 8.82. The zero-order chi connectivity index (χ0) is 20.9. The first-order valence-corrected chi connectivity index (χ1v) is 11.0. The summed E-state index contributed by atoms with van der Waals surface area (Å²) >= 11 is 0. The van der Waals surface area contributed by atoms with Crippen LogP contribution in [0.4, 0.5) is 16.4 Å². The van der Waals surface area contributed by atoms with Crippen molar-refractivity contribution in [2.75, 3.05) is 29.2 Å². The number of pyridine rings is 1. The molecule has 1 atom stereocenters. The van der Waals surface area contributed by atoms with E-state index in [1.807, 2.05) is 43.5 Å². The van der Waals surface area contributed by atoms with Crippen molar-refractivity contribution in [2.24, 2.45) is 0 Å². The van der Waals surface area contributed by atoms with E-state index in [0.717, 1.165) is 22.9 Å². The van der Waals surface area contributed by atoms with Crippen LogP contribution in [0.5, 0.6) is 0 Å². The standard InChI is InChI=1S/C19H22N6O3S/c1-13(14-4-3-7-20-11-14)23-16-6-5-15-12-22-18(24-17(15)10-16)25-19(26)21-8-9-29(2,27)28/h3-7,10-13,23H,8-9H2,1-2H3,(H2,21,22,24,25,26)/t13-/m1/s1. The van der Waals surface area contributed by atoms with E-state index >= 15 is 0 Å². The molecule has 0 fully saturated rings. The van der Waals surface area contributed by atoms with E-state index in [9.17, 15) is 13.2 Å². The van der Waals surface area contributed by atoms with Crippen LogP contribution in [0.1, 0.15) is 18.5 Å². The number of hydrogen-bond acceptors (Lipinski definition) is 7. The highest BCUT2D eigenvalue weighted by Gasteiger charge is 2.09. The quantitative estimate of drug-likeness (QED) is 0.542. The third kappa shape index (κ3) is 6.11. The average molecular weight is 414 g/mol. The van der Waals surface area contributed by atoms with Crippen molar-refractivity contribution in [1.29, 1.82) is 0 Å². The van der Waals surface area contributed by atoms with Gasteiger partial charge in [0.15, 0.2) is 0 Å². The van der Waals surface area contributed by atoms with Gasteiger partial charge in [0.05, 0.1) is 17.3 Å². The number of benzene rings is 1. The van der Waals surface area contributed by atoms with E-state index in [4.69, 9.17) is 0 Å². The summed E-state index contributed by atoms with van der Waals surface area (Å²) in [5, 5.41) is 9.20. The summed E-state index contributed by atoms with van der Waals surface area (Å²) in [4.78, 5) is 24.5. The number of urea groups is 1. The van der Waals surface area contributed by atoms with Gasteiger partial charge in [-0.3, -0.25) is 10.3 Å². The van der Waals surface area contributed by atoms with Gasteiger partial charge in [0, 0.05) is 42.5 Å². The van der Waals surface area contributed by atoms with Gasteiger partial charge < -0.3 is 10.6 Å². The van der Waals surface area contributed by atoms with Gasteiger partial charge in [0.2, 0.25) is 5.95 Å². The summed E-state index contributed by atoms with van der Waals surface area (Å²) in [5.41, 5.74) is 2.59. The molecule has 0 aliphatic rings. The van der Waals surface area contributed by atoms with E-state index in [-0.39, 0.29) is 24.3 Å². The number of carbonyl (C=O) groups is 1. The third-order valence-corrected chi connectivity index (χ3v) is 5.08. The minimum atomic E-state index is -3.14. The monoisotopic (exact) mass is 414 g/mol. The Labute approximate surface area is 168 Å². The fourth-order valence-electron chi connectivity index (χ4n) is 2.63. The van der Waals surface area contributed by atoms with Crippen molar-refractivity contribution in [3.05, 3.63) is 54.5 Å². The number of hydrogen-bond donors (Lipinski definition) is 3. The summed E-state index contributed by atoms with van der Waals surface area (Å²) < 4.78 is 22.2. The predicted molar refractivity (Wildman–Crippen MR) is 113 cm³/mol. The molecule has 0 aliphatic carbocycles. The third-order valence-electron chi connectivity index (χ3n) is 4.13. The van der Waals surface area contributed by atoms with Crippen molar-refractivity contribution >= 4 is 38.4 Å². The van der Waals surface area contributed by atoms with Crippen molar-refractivity contribution in [2.45, 2.75) is 13.0 Å². The van der Waals surface area contributed by atoms with E-state index in [1.165, 1.54) is 0 Å². The molecule has 1 aromatic carbocycles. The molecule has 10 heteroatoms. The fraction of sp³-hybridized carbons (Fsp3) is 0.263. The molecule has 9 nitrogen and oxygen atoms in total. The first kappa shape index (κ1) is 20.5. The molecule has 2 aromatic heterocycles. The van der Waals surface area contributed by atoms with E-state index in [0.29, 0.717) is 5.52 Å². The topological polar surface area (TPSA) is 126 Å². The lowest BCUT2D eigenvalue weighted by Gasteiger charge is -2.15. The Bertz CT molecular complexity index is 1110. The van der Waals surface area contributed by atoms with Gasteiger partial charge in [-0.05, 0) is 36.8 Å². The maximum absolute atomic E-state index is 11.9. The van der Waals surface area contributed by atoms with Gasteiger partial charge in [0.1, 0.15) is 9.84 Å². The molecule has 152 valence electrons. The average Bonchev–Trinajstić information content (AvgIpc) is 2.67. The highest BCUT2D eigenvalue weighted by atomic mass is 32.2. The highest BCUT2D eigenvalue weighted by Crippen LogP contribution is 2.22. The molecule has 3 N–H and O–H groups in total. The van der Waals surface area contributed by atoms with Gasteiger partial charge in [-0.25, -0.2) is 23.2 Å². The molecular weight excluding hydrogens is 392 g/mol. The zero-order valence-corrected chi connectivity index (χ0v) is 16.9. The number of sulfone groups is 1. The molecule has 2 amide bonds. The summed E-state index contributed by atoms with van der Waals surface area (Å²) in [6.07, 6.45) is 6.27. The lowest BCUT2D eigenvalue weighted by Crippen LogP contribution is -2.33. The normalized spacial score (nSPS) is 12.3. The second-order valence-corrected chi connectivity index (χ2v) is 8.89. The number of amides is 2. The van der Waals surface area contributed by atoms with E-state index < -0.39 is 15.9 Å². The van der Waals surface area contributed by atoms with Crippen molar-refractivity contribution in [3.63, 3.8) is 0 Å². The van der Waals surface area contributed by atoms with Crippen LogP contribution in [-0.2, 0) is 9.84 Å². The molecule has 29 heavy (non-hydrogen) atoms. The Morgan fingerprint density at radius 3 is 2.76 bits per heavy atom. The summed E-state index contributed by atoms with van der Waals surface area (Å²) in [5.74, 6) is -0.00446. The molecule has 0 radical (unpaired) electrons. The van der Waals surface area contributed by atoms with Gasteiger partial charge >= 0.3 is 6.03 Å².